The van der Waals surface area contributed by atoms with Gasteiger partial charge < -0.3 is 10.0 Å². The fourth-order valence-corrected chi connectivity index (χ4v) is 2.89. The Bertz CT molecular complexity index is 637. The molecule has 3 aromatic rings. The number of rotatable bonds is 5. The van der Waals surface area contributed by atoms with Gasteiger partial charge in [0.25, 0.3) is 0 Å². The first-order valence-electron chi connectivity index (χ1n) is 6.15. The Morgan fingerprint density at radius 1 is 0.900 bits per heavy atom. The molecule has 0 aliphatic carbocycles. The van der Waals surface area contributed by atoms with E-state index < -0.39 is 0 Å². The summed E-state index contributed by atoms with van der Waals surface area (Å²) in [6, 6.07) is 18.4. The number of hydrogen-bond donors (Lipinski definition) is 2. The highest BCUT2D eigenvalue weighted by atomic mass is 32.2. The molecule has 0 bridgehead atoms. The lowest BCUT2D eigenvalue weighted by Crippen LogP contribution is -1.90. The Kier molecular flexibility index (Phi) is 4.20. The Labute approximate surface area is 126 Å². The van der Waals surface area contributed by atoms with Gasteiger partial charge in [0.15, 0.2) is 5.13 Å². The number of benzene rings is 2. The minimum atomic E-state index is 0.918. The third-order valence-corrected chi connectivity index (χ3v) is 4.23. The van der Waals surface area contributed by atoms with Crippen molar-refractivity contribution in [2.75, 3.05) is 10.0 Å². The van der Waals surface area contributed by atoms with Crippen molar-refractivity contribution in [3.63, 3.8) is 0 Å². The summed E-state index contributed by atoms with van der Waals surface area (Å²) in [4.78, 5) is 5.33. The number of para-hydroxylation sites is 1. The Hall–Kier alpha value is -1.98. The zero-order valence-corrected chi connectivity index (χ0v) is 12.2. The number of nitrogens with one attached hydrogen (secondary N) is 2. The van der Waals surface area contributed by atoms with Gasteiger partial charge in [0, 0.05) is 27.8 Å². The third-order valence-electron chi connectivity index (χ3n) is 2.61. The maximum atomic E-state index is 4.18. The van der Waals surface area contributed by atoms with Crippen LogP contribution in [0.5, 0.6) is 0 Å². The van der Waals surface area contributed by atoms with Crippen molar-refractivity contribution in [2.24, 2.45) is 0 Å². The van der Waals surface area contributed by atoms with Crippen molar-refractivity contribution >= 4 is 39.8 Å². The highest BCUT2D eigenvalue weighted by Crippen LogP contribution is 2.24. The second kappa shape index (κ2) is 6.45. The molecule has 2 N–H and O–H groups in total. The van der Waals surface area contributed by atoms with Crippen molar-refractivity contribution in [3.05, 3.63) is 66.2 Å². The fourth-order valence-electron chi connectivity index (χ4n) is 1.67. The molecule has 2 aromatic carbocycles. The van der Waals surface area contributed by atoms with Crippen LogP contribution in [-0.2, 0) is 0 Å². The maximum Gasteiger partial charge on any atom is 0.192 e. The van der Waals surface area contributed by atoms with Crippen LogP contribution in [-0.4, -0.2) is 4.98 Å². The van der Waals surface area contributed by atoms with Gasteiger partial charge in [-0.05, 0) is 48.3 Å². The van der Waals surface area contributed by atoms with E-state index in [1.807, 2.05) is 35.7 Å². The van der Waals surface area contributed by atoms with Gasteiger partial charge in [0.2, 0.25) is 0 Å². The highest BCUT2D eigenvalue weighted by Gasteiger charge is 1.98. The Morgan fingerprint density at radius 2 is 1.65 bits per heavy atom. The fraction of sp³-hybridized carbons (Fsp3) is 0. The van der Waals surface area contributed by atoms with Gasteiger partial charge in [-0.1, -0.05) is 18.2 Å². The summed E-state index contributed by atoms with van der Waals surface area (Å²) in [6.45, 7) is 0. The molecular weight excluding hydrogens is 286 g/mol. The molecular formula is C15H13N3S2. The van der Waals surface area contributed by atoms with Crippen molar-refractivity contribution < 1.29 is 0 Å². The molecule has 0 unspecified atom stereocenters. The summed E-state index contributed by atoms with van der Waals surface area (Å²) in [6.07, 6.45) is 1.79. The van der Waals surface area contributed by atoms with Gasteiger partial charge in [0.1, 0.15) is 0 Å². The summed E-state index contributed by atoms with van der Waals surface area (Å²) in [7, 11) is 0. The van der Waals surface area contributed by atoms with E-state index in [1.165, 1.54) is 0 Å². The second-order valence-corrected chi connectivity index (χ2v) is 5.83. The lowest BCUT2D eigenvalue weighted by molar-refractivity contribution is 1.41. The van der Waals surface area contributed by atoms with Gasteiger partial charge in [-0.25, -0.2) is 4.98 Å². The van der Waals surface area contributed by atoms with E-state index in [4.69, 9.17) is 0 Å². The van der Waals surface area contributed by atoms with E-state index in [-0.39, 0.29) is 0 Å². The summed E-state index contributed by atoms with van der Waals surface area (Å²) in [5, 5.41) is 6.23. The van der Waals surface area contributed by atoms with Gasteiger partial charge in [-0.3, -0.25) is 0 Å². The van der Waals surface area contributed by atoms with Gasteiger partial charge in [-0.2, -0.15) is 0 Å². The second-order valence-electron chi connectivity index (χ2n) is 4.06. The molecule has 1 aromatic heterocycles. The molecule has 1 heterocycles. The lowest BCUT2D eigenvalue weighted by atomic mass is 10.3. The van der Waals surface area contributed by atoms with Crippen LogP contribution in [0.15, 0.2) is 71.1 Å². The molecule has 0 radical (unpaired) electrons. The van der Waals surface area contributed by atoms with Gasteiger partial charge in [-0.15, -0.1) is 11.3 Å². The minimum Gasteiger partial charge on any atom is -0.356 e. The largest absolute Gasteiger partial charge is 0.356 e. The first kappa shape index (κ1) is 13.0. The standard InChI is InChI=1S/C15H13N3S2/c1-2-4-12(5-3-1)17-13-6-8-14(9-7-13)20-18-15-16-10-11-19-15/h1-11,17H,(H,16,18). The van der Waals surface area contributed by atoms with Crippen LogP contribution in [0.25, 0.3) is 0 Å². The zero-order valence-electron chi connectivity index (χ0n) is 10.6. The van der Waals surface area contributed by atoms with Crippen molar-refractivity contribution in [1.29, 1.82) is 0 Å². The van der Waals surface area contributed by atoms with Crippen LogP contribution in [0, 0.1) is 0 Å². The predicted octanol–water partition coefficient (Wildman–Crippen LogP) is 5.01. The Balaban J connectivity index is 1.60. The molecule has 5 heteroatoms. The summed E-state index contributed by atoms with van der Waals surface area (Å²) in [5.41, 5.74) is 2.17. The van der Waals surface area contributed by atoms with Crippen LogP contribution >= 0.6 is 23.3 Å². The van der Waals surface area contributed by atoms with E-state index in [1.54, 1.807) is 29.5 Å². The van der Waals surface area contributed by atoms with E-state index in [2.05, 4.69) is 39.3 Å². The molecule has 0 atom stereocenters. The number of aromatic nitrogens is 1. The zero-order chi connectivity index (χ0) is 13.6. The third kappa shape index (κ3) is 3.53. The number of anilines is 3. The van der Waals surface area contributed by atoms with Crippen LogP contribution in [0.4, 0.5) is 16.5 Å². The van der Waals surface area contributed by atoms with Gasteiger partial charge >= 0.3 is 0 Å². The lowest BCUT2D eigenvalue weighted by Gasteiger charge is -2.07. The molecule has 20 heavy (non-hydrogen) atoms. The Morgan fingerprint density at radius 3 is 2.35 bits per heavy atom. The first-order chi connectivity index (χ1) is 9.90. The molecule has 0 saturated carbocycles. The van der Waals surface area contributed by atoms with E-state index in [0.717, 1.165) is 21.4 Å². The number of hydrogen-bond acceptors (Lipinski definition) is 5. The normalized spacial score (nSPS) is 10.2. The topological polar surface area (TPSA) is 37.0 Å². The molecule has 0 saturated heterocycles. The van der Waals surface area contributed by atoms with Crippen LogP contribution in [0.2, 0.25) is 0 Å². The molecule has 100 valence electrons. The number of nitrogens with zero attached hydrogens (tertiary/aromatic N) is 1. The van der Waals surface area contributed by atoms with E-state index in [9.17, 15) is 0 Å². The summed E-state index contributed by atoms with van der Waals surface area (Å²) in [5.74, 6) is 0. The summed E-state index contributed by atoms with van der Waals surface area (Å²) >= 11 is 3.15. The van der Waals surface area contributed by atoms with Crippen molar-refractivity contribution in [3.8, 4) is 0 Å². The highest BCUT2D eigenvalue weighted by molar-refractivity contribution is 8.00. The average Bonchev–Trinajstić information content (AvgIpc) is 3.01. The van der Waals surface area contributed by atoms with E-state index in [0.29, 0.717) is 0 Å². The van der Waals surface area contributed by atoms with Crippen LogP contribution in [0.1, 0.15) is 0 Å². The SMILES string of the molecule is c1ccc(Nc2ccc(SNc3nccs3)cc2)cc1. The molecule has 0 aliphatic rings. The minimum absolute atomic E-state index is 0.918. The summed E-state index contributed by atoms with van der Waals surface area (Å²) < 4.78 is 3.21. The van der Waals surface area contributed by atoms with Crippen LogP contribution in [0.3, 0.4) is 0 Å². The first-order valence-corrected chi connectivity index (χ1v) is 7.84. The van der Waals surface area contributed by atoms with E-state index >= 15 is 0 Å². The maximum absolute atomic E-state index is 4.18. The monoisotopic (exact) mass is 299 g/mol. The smallest absolute Gasteiger partial charge is 0.192 e. The number of thiazole rings is 1. The molecule has 0 spiro atoms. The molecule has 0 amide bonds. The van der Waals surface area contributed by atoms with Crippen molar-refractivity contribution in [2.45, 2.75) is 4.90 Å². The average molecular weight is 299 g/mol. The quantitative estimate of drug-likeness (QED) is 0.650. The van der Waals surface area contributed by atoms with Gasteiger partial charge in [0.05, 0.1) is 0 Å². The molecule has 0 aliphatic heterocycles. The molecule has 3 nitrogen and oxygen atoms in total. The molecule has 0 fully saturated rings. The molecule has 3 rings (SSSR count). The predicted molar refractivity (Wildman–Crippen MR) is 87.8 cm³/mol. The van der Waals surface area contributed by atoms with Crippen molar-refractivity contribution in [1.82, 2.24) is 4.98 Å². The van der Waals surface area contributed by atoms with Crippen LogP contribution < -0.4 is 10.0 Å².